The number of piperidine rings is 1. The summed E-state index contributed by atoms with van der Waals surface area (Å²) in [6, 6.07) is 7.78. The van der Waals surface area contributed by atoms with Crippen molar-refractivity contribution in [3.05, 3.63) is 34.3 Å². The van der Waals surface area contributed by atoms with Crippen molar-refractivity contribution >= 4 is 15.9 Å². The zero-order chi connectivity index (χ0) is 13.9. The smallest absolute Gasteiger partial charge is 0.0813 e. The third kappa shape index (κ3) is 4.28. The Kier molecular flexibility index (Phi) is 5.01. The Labute approximate surface area is 123 Å². The van der Waals surface area contributed by atoms with Gasteiger partial charge in [-0.1, -0.05) is 34.1 Å². The highest BCUT2D eigenvalue weighted by Crippen LogP contribution is 2.26. The van der Waals surface area contributed by atoms with Crippen molar-refractivity contribution in [3.8, 4) is 0 Å². The Morgan fingerprint density at radius 1 is 1.42 bits per heavy atom. The van der Waals surface area contributed by atoms with E-state index >= 15 is 0 Å². The van der Waals surface area contributed by atoms with Gasteiger partial charge >= 0.3 is 0 Å². The molecule has 3 nitrogen and oxygen atoms in total. The zero-order valence-corrected chi connectivity index (χ0v) is 12.9. The minimum Gasteiger partial charge on any atom is -0.389 e. The van der Waals surface area contributed by atoms with E-state index in [4.69, 9.17) is 0 Å². The Hall–Kier alpha value is -0.420. The molecule has 1 aliphatic rings. The Bertz CT molecular complexity index is 422. The summed E-state index contributed by atoms with van der Waals surface area (Å²) in [4.78, 5) is 2.24. The minimum absolute atomic E-state index is 0.456. The van der Waals surface area contributed by atoms with Gasteiger partial charge in [-0.15, -0.1) is 0 Å². The van der Waals surface area contributed by atoms with E-state index in [9.17, 15) is 10.2 Å². The van der Waals surface area contributed by atoms with E-state index in [0.717, 1.165) is 36.0 Å². The number of likely N-dealkylation sites (tertiary alicyclic amines) is 1. The molecule has 2 unspecified atom stereocenters. The number of nitrogens with zero attached hydrogens (tertiary/aromatic N) is 1. The second-order valence-corrected chi connectivity index (χ2v) is 6.56. The molecule has 0 aliphatic carbocycles. The van der Waals surface area contributed by atoms with Gasteiger partial charge in [0.05, 0.1) is 11.7 Å². The molecule has 0 spiro atoms. The topological polar surface area (TPSA) is 43.7 Å². The van der Waals surface area contributed by atoms with Crippen molar-refractivity contribution in [2.24, 2.45) is 0 Å². The van der Waals surface area contributed by atoms with Crippen LogP contribution >= 0.6 is 15.9 Å². The summed E-state index contributed by atoms with van der Waals surface area (Å²) in [6.45, 7) is 4.43. The fourth-order valence-corrected chi connectivity index (χ4v) is 3.27. The van der Waals surface area contributed by atoms with Crippen LogP contribution in [0, 0.1) is 0 Å². The molecule has 1 aromatic carbocycles. The first kappa shape index (κ1) is 15.0. The summed E-state index contributed by atoms with van der Waals surface area (Å²) in [7, 11) is 0. The van der Waals surface area contributed by atoms with Gasteiger partial charge in [0.25, 0.3) is 0 Å². The minimum atomic E-state index is -0.573. The maximum absolute atomic E-state index is 10.2. The summed E-state index contributed by atoms with van der Waals surface area (Å²) < 4.78 is 0.952. The second-order valence-electron chi connectivity index (χ2n) is 5.70. The lowest BCUT2D eigenvalue weighted by Crippen LogP contribution is -2.46. The number of aliphatic hydroxyl groups excluding tert-OH is 1. The number of hydrogen-bond acceptors (Lipinski definition) is 3. The highest BCUT2D eigenvalue weighted by atomic mass is 79.9. The Morgan fingerprint density at radius 2 is 2.16 bits per heavy atom. The molecular formula is C15H22BrNO2. The van der Waals surface area contributed by atoms with E-state index in [1.54, 1.807) is 0 Å². The van der Waals surface area contributed by atoms with Crippen LogP contribution < -0.4 is 0 Å². The maximum atomic E-state index is 10.2. The quantitative estimate of drug-likeness (QED) is 0.893. The first-order chi connectivity index (χ1) is 8.98. The van der Waals surface area contributed by atoms with E-state index < -0.39 is 11.7 Å². The van der Waals surface area contributed by atoms with Gasteiger partial charge < -0.3 is 15.1 Å². The Morgan fingerprint density at radius 3 is 2.84 bits per heavy atom. The molecule has 1 aromatic rings. The monoisotopic (exact) mass is 327 g/mol. The molecule has 106 valence electrons. The lowest BCUT2D eigenvalue weighted by Gasteiger charge is -2.37. The molecule has 0 radical (unpaired) electrons. The summed E-state index contributed by atoms with van der Waals surface area (Å²) >= 11 is 3.47. The lowest BCUT2D eigenvalue weighted by atomic mass is 9.95. The van der Waals surface area contributed by atoms with Crippen molar-refractivity contribution in [3.63, 3.8) is 0 Å². The van der Waals surface area contributed by atoms with E-state index in [1.165, 1.54) is 0 Å². The van der Waals surface area contributed by atoms with Crippen LogP contribution in [0.25, 0.3) is 0 Å². The molecule has 2 rings (SSSR count). The molecule has 19 heavy (non-hydrogen) atoms. The highest BCUT2D eigenvalue weighted by molar-refractivity contribution is 9.10. The largest absolute Gasteiger partial charge is 0.389 e. The highest BCUT2D eigenvalue weighted by Gasteiger charge is 2.28. The molecule has 2 N–H and O–H groups in total. The van der Waals surface area contributed by atoms with Gasteiger partial charge in [-0.05, 0) is 44.4 Å². The fourth-order valence-electron chi connectivity index (χ4n) is 2.72. The maximum Gasteiger partial charge on any atom is 0.0813 e. The molecule has 2 atom stereocenters. The average Bonchev–Trinajstić information content (AvgIpc) is 2.35. The molecule has 1 aliphatic heterocycles. The van der Waals surface area contributed by atoms with Gasteiger partial charge in [-0.2, -0.15) is 0 Å². The van der Waals surface area contributed by atoms with E-state index in [2.05, 4.69) is 20.8 Å². The van der Waals surface area contributed by atoms with Crippen molar-refractivity contribution < 1.29 is 10.2 Å². The third-order valence-electron chi connectivity index (χ3n) is 3.74. The van der Waals surface area contributed by atoms with Crippen LogP contribution in [0.1, 0.15) is 37.9 Å². The van der Waals surface area contributed by atoms with Crippen LogP contribution in [-0.2, 0) is 0 Å². The molecule has 4 heteroatoms. The van der Waals surface area contributed by atoms with E-state index in [0.29, 0.717) is 13.0 Å². The van der Waals surface area contributed by atoms with Crippen LogP contribution in [0.15, 0.2) is 28.7 Å². The van der Waals surface area contributed by atoms with Crippen molar-refractivity contribution in [2.75, 3.05) is 19.6 Å². The van der Waals surface area contributed by atoms with Gasteiger partial charge in [0.15, 0.2) is 0 Å². The Balaban J connectivity index is 1.87. The molecular weight excluding hydrogens is 306 g/mol. The molecule has 1 fully saturated rings. The first-order valence-electron chi connectivity index (χ1n) is 6.85. The number of halogens is 1. The SMILES string of the molecule is CC1(O)CCCN(CCC(O)c2ccccc2Br)C1. The standard InChI is InChI=1S/C15H22BrNO2/c1-15(19)8-4-9-17(11-15)10-7-14(18)12-5-2-3-6-13(12)16/h2-3,5-6,14,18-19H,4,7-11H2,1H3. The predicted molar refractivity (Wildman–Crippen MR) is 80.0 cm³/mol. The molecule has 1 heterocycles. The first-order valence-corrected chi connectivity index (χ1v) is 7.64. The van der Waals surface area contributed by atoms with Gasteiger partial charge in [0.2, 0.25) is 0 Å². The van der Waals surface area contributed by atoms with E-state index in [1.807, 2.05) is 31.2 Å². The summed E-state index contributed by atoms with van der Waals surface area (Å²) in [6.07, 6.45) is 2.13. The summed E-state index contributed by atoms with van der Waals surface area (Å²) in [5.74, 6) is 0. The second kappa shape index (κ2) is 6.35. The number of β-amino-alcohol motifs (C(OH)–C–C–N with tert-alkyl or cyclic N) is 1. The molecule has 0 aromatic heterocycles. The van der Waals surface area contributed by atoms with Gasteiger partial charge in [0, 0.05) is 17.6 Å². The van der Waals surface area contributed by atoms with Gasteiger partial charge in [0.1, 0.15) is 0 Å². The summed E-state index contributed by atoms with van der Waals surface area (Å²) in [5, 5.41) is 20.3. The lowest BCUT2D eigenvalue weighted by molar-refractivity contribution is -0.0192. The summed E-state index contributed by atoms with van der Waals surface area (Å²) in [5.41, 5.74) is 0.363. The molecule has 0 bridgehead atoms. The molecule has 0 amide bonds. The van der Waals surface area contributed by atoms with Gasteiger partial charge in [-0.3, -0.25) is 0 Å². The fraction of sp³-hybridized carbons (Fsp3) is 0.600. The normalized spacial score (nSPS) is 26.3. The number of aliphatic hydroxyl groups is 2. The van der Waals surface area contributed by atoms with E-state index in [-0.39, 0.29) is 0 Å². The predicted octanol–water partition coefficient (Wildman–Crippen LogP) is 2.72. The average molecular weight is 328 g/mol. The molecule has 1 saturated heterocycles. The van der Waals surface area contributed by atoms with Crippen LogP contribution in [0.3, 0.4) is 0 Å². The van der Waals surface area contributed by atoms with Crippen LogP contribution in [0.2, 0.25) is 0 Å². The number of rotatable bonds is 4. The number of hydrogen-bond donors (Lipinski definition) is 2. The third-order valence-corrected chi connectivity index (χ3v) is 4.46. The van der Waals surface area contributed by atoms with Crippen molar-refractivity contribution in [1.29, 1.82) is 0 Å². The van der Waals surface area contributed by atoms with Crippen molar-refractivity contribution in [1.82, 2.24) is 4.90 Å². The van der Waals surface area contributed by atoms with Crippen LogP contribution in [-0.4, -0.2) is 40.3 Å². The van der Waals surface area contributed by atoms with Crippen LogP contribution in [0.4, 0.5) is 0 Å². The van der Waals surface area contributed by atoms with Gasteiger partial charge in [-0.25, -0.2) is 0 Å². The molecule has 0 saturated carbocycles. The van der Waals surface area contributed by atoms with Crippen LogP contribution in [0.5, 0.6) is 0 Å². The zero-order valence-electron chi connectivity index (χ0n) is 11.3. The van der Waals surface area contributed by atoms with Crippen molar-refractivity contribution in [2.45, 2.75) is 37.9 Å². The number of benzene rings is 1.